The fourth-order valence-corrected chi connectivity index (χ4v) is 2.98. The molecule has 2 rings (SSSR count). The number of anilines is 2. The molecule has 0 fully saturated rings. The summed E-state index contributed by atoms with van der Waals surface area (Å²) in [6.45, 7) is 2.27. The number of thioether (sulfide) groups is 1. The number of carbonyl (C=O) groups excluding carboxylic acids is 1. The molecule has 2 aromatic rings. The molecule has 130 valence electrons. The van der Waals surface area contributed by atoms with Gasteiger partial charge in [-0.3, -0.25) is 4.72 Å². The van der Waals surface area contributed by atoms with Crippen molar-refractivity contribution >= 4 is 39.2 Å². The van der Waals surface area contributed by atoms with Crippen LogP contribution in [-0.2, 0) is 10.0 Å². The van der Waals surface area contributed by atoms with Crippen molar-refractivity contribution in [1.82, 2.24) is 20.7 Å². The standard InChI is InChI=1S/C13H18N6O3S2/c1-9-3-4-10(18-24(2,21)22)7-11(9)16-13(20)14-5-6-23-12-8-15-19-17-12/h3-4,7-8,18H,5-6H2,1-2H3,(H2,14,16,20)(H,15,17,19). The first-order valence-electron chi connectivity index (χ1n) is 6.95. The molecule has 1 heterocycles. The van der Waals surface area contributed by atoms with Crippen LogP contribution < -0.4 is 15.4 Å². The highest BCUT2D eigenvalue weighted by Gasteiger charge is 2.08. The maximum Gasteiger partial charge on any atom is 0.319 e. The Bertz CT molecular complexity index is 792. The number of sulfonamides is 1. The van der Waals surface area contributed by atoms with Crippen LogP contribution in [-0.4, -0.2) is 48.4 Å². The molecule has 0 bridgehead atoms. The van der Waals surface area contributed by atoms with Crippen molar-refractivity contribution in [3.8, 4) is 0 Å². The number of hydrogen-bond acceptors (Lipinski definition) is 6. The van der Waals surface area contributed by atoms with E-state index in [9.17, 15) is 13.2 Å². The number of benzene rings is 1. The average molecular weight is 370 g/mol. The SMILES string of the molecule is Cc1ccc(NS(C)(=O)=O)cc1NC(=O)NCCSc1cn[nH]n1. The van der Waals surface area contributed by atoms with Crippen molar-refractivity contribution < 1.29 is 13.2 Å². The Balaban J connectivity index is 1.85. The Kier molecular flexibility index (Phi) is 6.04. The van der Waals surface area contributed by atoms with Crippen LogP contribution in [0.5, 0.6) is 0 Å². The van der Waals surface area contributed by atoms with Gasteiger partial charge in [-0.05, 0) is 24.6 Å². The van der Waals surface area contributed by atoms with Gasteiger partial charge in [0.1, 0.15) is 5.03 Å². The summed E-state index contributed by atoms with van der Waals surface area (Å²) < 4.78 is 24.9. The van der Waals surface area contributed by atoms with Crippen LogP contribution in [0.2, 0.25) is 0 Å². The molecular formula is C13H18N6O3S2. The summed E-state index contributed by atoms with van der Waals surface area (Å²) in [4.78, 5) is 11.9. The number of rotatable bonds is 7. The summed E-state index contributed by atoms with van der Waals surface area (Å²) in [7, 11) is -3.37. The zero-order valence-corrected chi connectivity index (χ0v) is 14.8. The summed E-state index contributed by atoms with van der Waals surface area (Å²) in [5.41, 5.74) is 1.74. The lowest BCUT2D eigenvalue weighted by atomic mass is 10.2. The second kappa shape index (κ2) is 8.02. The molecule has 4 N–H and O–H groups in total. The molecule has 0 atom stereocenters. The highest BCUT2D eigenvalue weighted by atomic mass is 32.2. The van der Waals surface area contributed by atoms with E-state index < -0.39 is 10.0 Å². The number of aromatic nitrogens is 3. The van der Waals surface area contributed by atoms with Crippen molar-refractivity contribution in [2.75, 3.05) is 28.6 Å². The number of carbonyl (C=O) groups is 1. The lowest BCUT2D eigenvalue weighted by Gasteiger charge is -2.12. The van der Waals surface area contributed by atoms with E-state index in [2.05, 4.69) is 30.8 Å². The molecule has 0 spiro atoms. The molecule has 9 nitrogen and oxygen atoms in total. The van der Waals surface area contributed by atoms with Gasteiger partial charge in [0.2, 0.25) is 10.0 Å². The number of aromatic amines is 1. The van der Waals surface area contributed by atoms with E-state index in [1.807, 2.05) is 6.92 Å². The van der Waals surface area contributed by atoms with Crippen LogP contribution in [0.25, 0.3) is 0 Å². The van der Waals surface area contributed by atoms with Gasteiger partial charge in [-0.1, -0.05) is 6.07 Å². The van der Waals surface area contributed by atoms with Crippen LogP contribution in [0.4, 0.5) is 16.2 Å². The van der Waals surface area contributed by atoms with E-state index in [0.717, 1.165) is 16.8 Å². The molecule has 0 radical (unpaired) electrons. The number of H-pyrrole nitrogens is 1. The van der Waals surface area contributed by atoms with Gasteiger partial charge in [-0.25, -0.2) is 13.2 Å². The predicted octanol–water partition coefficient (Wildman–Crippen LogP) is 1.40. The average Bonchev–Trinajstić information content (AvgIpc) is 2.99. The molecule has 1 aromatic carbocycles. The second-order valence-electron chi connectivity index (χ2n) is 4.94. The van der Waals surface area contributed by atoms with Gasteiger partial charge in [-0.2, -0.15) is 10.3 Å². The van der Waals surface area contributed by atoms with E-state index in [4.69, 9.17) is 0 Å². The fourth-order valence-electron chi connectivity index (χ4n) is 1.78. The molecule has 2 amide bonds. The highest BCUT2D eigenvalue weighted by Crippen LogP contribution is 2.21. The van der Waals surface area contributed by atoms with Crippen molar-refractivity contribution in [1.29, 1.82) is 0 Å². The lowest BCUT2D eigenvalue weighted by molar-refractivity contribution is 0.252. The molecule has 0 saturated carbocycles. The largest absolute Gasteiger partial charge is 0.337 e. The van der Waals surface area contributed by atoms with Crippen LogP contribution >= 0.6 is 11.8 Å². The first-order chi connectivity index (χ1) is 11.3. The minimum atomic E-state index is -3.37. The number of nitrogens with one attached hydrogen (secondary N) is 4. The maximum absolute atomic E-state index is 11.9. The number of nitrogens with zero attached hydrogens (tertiary/aromatic N) is 2. The predicted molar refractivity (Wildman–Crippen MR) is 93.8 cm³/mol. The first kappa shape index (κ1) is 18.1. The van der Waals surface area contributed by atoms with Gasteiger partial charge >= 0.3 is 6.03 Å². The van der Waals surface area contributed by atoms with E-state index in [-0.39, 0.29) is 6.03 Å². The maximum atomic E-state index is 11.9. The van der Waals surface area contributed by atoms with Gasteiger partial charge in [-0.15, -0.1) is 16.9 Å². The zero-order valence-electron chi connectivity index (χ0n) is 13.2. The van der Waals surface area contributed by atoms with E-state index in [0.29, 0.717) is 23.7 Å². The normalized spacial score (nSPS) is 11.1. The molecule has 1 aromatic heterocycles. The molecular weight excluding hydrogens is 352 g/mol. The number of amides is 2. The third-order valence-electron chi connectivity index (χ3n) is 2.82. The topological polar surface area (TPSA) is 129 Å². The van der Waals surface area contributed by atoms with Crippen molar-refractivity contribution in [2.24, 2.45) is 0 Å². The molecule has 24 heavy (non-hydrogen) atoms. The summed E-state index contributed by atoms with van der Waals surface area (Å²) in [5.74, 6) is 0.647. The van der Waals surface area contributed by atoms with Gasteiger partial charge < -0.3 is 10.6 Å². The summed E-state index contributed by atoms with van der Waals surface area (Å²) in [6, 6.07) is 4.56. The quantitative estimate of drug-likeness (QED) is 0.431. The third-order valence-corrected chi connectivity index (χ3v) is 4.33. The molecule has 0 aliphatic rings. The number of aryl methyl sites for hydroxylation is 1. The lowest BCUT2D eigenvalue weighted by Crippen LogP contribution is -2.30. The second-order valence-corrected chi connectivity index (χ2v) is 7.81. The minimum Gasteiger partial charge on any atom is -0.337 e. The Labute approximate surface area is 144 Å². The van der Waals surface area contributed by atoms with Gasteiger partial charge in [0.25, 0.3) is 0 Å². The minimum absolute atomic E-state index is 0.365. The Morgan fingerprint density at radius 3 is 2.83 bits per heavy atom. The third kappa shape index (κ3) is 6.08. The molecule has 0 aliphatic heterocycles. The number of urea groups is 1. The Morgan fingerprint density at radius 1 is 1.38 bits per heavy atom. The van der Waals surface area contributed by atoms with Gasteiger partial charge in [0, 0.05) is 18.0 Å². The van der Waals surface area contributed by atoms with Crippen LogP contribution in [0, 0.1) is 6.92 Å². The zero-order chi connectivity index (χ0) is 17.6. The fraction of sp³-hybridized carbons (Fsp3) is 0.308. The van der Waals surface area contributed by atoms with Gasteiger partial charge in [0.15, 0.2) is 0 Å². The van der Waals surface area contributed by atoms with E-state index in [1.54, 1.807) is 24.4 Å². The Morgan fingerprint density at radius 2 is 2.17 bits per heavy atom. The van der Waals surface area contributed by atoms with Crippen molar-refractivity contribution in [2.45, 2.75) is 11.9 Å². The number of hydrogen-bond donors (Lipinski definition) is 4. The van der Waals surface area contributed by atoms with E-state index in [1.165, 1.54) is 11.8 Å². The molecule has 11 heteroatoms. The molecule has 0 aliphatic carbocycles. The summed E-state index contributed by atoms with van der Waals surface area (Å²) in [5, 5.41) is 16.3. The van der Waals surface area contributed by atoms with Crippen LogP contribution in [0.1, 0.15) is 5.56 Å². The highest BCUT2D eigenvalue weighted by molar-refractivity contribution is 7.99. The Hall–Kier alpha value is -2.27. The monoisotopic (exact) mass is 370 g/mol. The van der Waals surface area contributed by atoms with E-state index >= 15 is 0 Å². The molecule has 0 saturated heterocycles. The first-order valence-corrected chi connectivity index (χ1v) is 9.83. The van der Waals surface area contributed by atoms with Gasteiger partial charge in [0.05, 0.1) is 18.1 Å². The van der Waals surface area contributed by atoms with Crippen LogP contribution in [0.15, 0.2) is 29.4 Å². The van der Waals surface area contributed by atoms with Crippen molar-refractivity contribution in [3.05, 3.63) is 30.0 Å². The summed E-state index contributed by atoms with van der Waals surface area (Å²) >= 11 is 1.46. The smallest absolute Gasteiger partial charge is 0.319 e. The molecule has 0 unspecified atom stereocenters. The van der Waals surface area contributed by atoms with Crippen LogP contribution in [0.3, 0.4) is 0 Å². The van der Waals surface area contributed by atoms with Crippen molar-refractivity contribution in [3.63, 3.8) is 0 Å². The summed E-state index contributed by atoms with van der Waals surface area (Å²) in [6.07, 6.45) is 2.67.